The van der Waals surface area contributed by atoms with Gasteiger partial charge in [-0.1, -0.05) is 6.07 Å². The maximum absolute atomic E-state index is 8.55. The number of rotatable bonds is 4. The summed E-state index contributed by atoms with van der Waals surface area (Å²) in [5, 5.41) is 8.55. The summed E-state index contributed by atoms with van der Waals surface area (Å²) in [5.74, 6) is 0.942. The van der Waals surface area contributed by atoms with Gasteiger partial charge in [0, 0.05) is 18.8 Å². The highest BCUT2D eigenvalue weighted by atomic mass is 15.2. The van der Waals surface area contributed by atoms with Crippen LogP contribution < -0.4 is 4.90 Å². The first-order chi connectivity index (χ1) is 6.75. The number of nitrogens with zero attached hydrogens (tertiary/aromatic N) is 3. The van der Waals surface area contributed by atoms with Crippen molar-refractivity contribution in [1.29, 1.82) is 5.26 Å². The molecule has 0 aromatic carbocycles. The average Bonchev–Trinajstić information content (AvgIpc) is 2.19. The van der Waals surface area contributed by atoms with E-state index < -0.39 is 0 Å². The minimum absolute atomic E-state index is 0.373. The minimum atomic E-state index is 0.373. The van der Waals surface area contributed by atoms with Crippen molar-refractivity contribution in [2.75, 3.05) is 11.4 Å². The third-order valence-electron chi connectivity index (χ3n) is 2.03. The zero-order chi connectivity index (χ0) is 10.4. The van der Waals surface area contributed by atoms with Crippen LogP contribution in [-0.4, -0.2) is 17.6 Å². The van der Waals surface area contributed by atoms with E-state index in [1.807, 2.05) is 18.2 Å². The summed E-state index contributed by atoms with van der Waals surface area (Å²) in [5.41, 5.74) is 0. The summed E-state index contributed by atoms with van der Waals surface area (Å²) >= 11 is 0. The van der Waals surface area contributed by atoms with Crippen LogP contribution >= 0.6 is 0 Å². The Morgan fingerprint density at radius 2 is 2.29 bits per heavy atom. The first kappa shape index (κ1) is 10.5. The standard InChI is InChI=1S/C11H15N3/c1-10(2)14(9-5-7-12)11-6-3-4-8-13-11/h3-4,6,8,10H,5,9H2,1-2H3. The van der Waals surface area contributed by atoms with Crippen LogP contribution in [0.4, 0.5) is 5.82 Å². The molecule has 0 fully saturated rings. The van der Waals surface area contributed by atoms with Crippen molar-refractivity contribution in [1.82, 2.24) is 4.98 Å². The SMILES string of the molecule is CC(C)N(CCC#N)c1ccccn1. The second-order valence-corrected chi connectivity index (χ2v) is 3.38. The maximum atomic E-state index is 8.55. The van der Waals surface area contributed by atoms with E-state index in [4.69, 9.17) is 5.26 Å². The lowest BCUT2D eigenvalue weighted by molar-refractivity contribution is 0.677. The summed E-state index contributed by atoms with van der Waals surface area (Å²) in [4.78, 5) is 6.40. The van der Waals surface area contributed by atoms with Gasteiger partial charge in [0.05, 0.1) is 12.5 Å². The Morgan fingerprint density at radius 3 is 2.79 bits per heavy atom. The minimum Gasteiger partial charge on any atom is -0.353 e. The highest BCUT2D eigenvalue weighted by molar-refractivity contribution is 5.38. The summed E-state index contributed by atoms with van der Waals surface area (Å²) in [7, 11) is 0. The molecule has 0 radical (unpaired) electrons. The van der Waals surface area contributed by atoms with Gasteiger partial charge in [0.1, 0.15) is 5.82 Å². The molecule has 0 N–H and O–H groups in total. The normalized spacial score (nSPS) is 9.86. The molecule has 14 heavy (non-hydrogen) atoms. The molecule has 0 saturated heterocycles. The summed E-state index contributed by atoms with van der Waals surface area (Å²) in [6.45, 7) is 4.95. The molecule has 1 aromatic heterocycles. The number of aromatic nitrogens is 1. The maximum Gasteiger partial charge on any atom is 0.128 e. The molecule has 1 rings (SSSR count). The van der Waals surface area contributed by atoms with Crippen molar-refractivity contribution in [3.05, 3.63) is 24.4 Å². The van der Waals surface area contributed by atoms with E-state index in [9.17, 15) is 0 Å². The Labute approximate surface area is 85.0 Å². The first-order valence-electron chi connectivity index (χ1n) is 4.80. The van der Waals surface area contributed by atoms with E-state index in [-0.39, 0.29) is 0 Å². The second-order valence-electron chi connectivity index (χ2n) is 3.38. The van der Waals surface area contributed by atoms with Gasteiger partial charge in [0.25, 0.3) is 0 Å². The van der Waals surface area contributed by atoms with E-state index in [1.54, 1.807) is 6.20 Å². The fourth-order valence-corrected chi connectivity index (χ4v) is 1.33. The Morgan fingerprint density at radius 1 is 1.50 bits per heavy atom. The number of pyridine rings is 1. The fourth-order valence-electron chi connectivity index (χ4n) is 1.33. The molecule has 0 bridgehead atoms. The van der Waals surface area contributed by atoms with Gasteiger partial charge in [0.2, 0.25) is 0 Å². The largest absolute Gasteiger partial charge is 0.353 e. The molecule has 0 spiro atoms. The molecule has 3 heteroatoms. The van der Waals surface area contributed by atoms with Crippen molar-refractivity contribution >= 4 is 5.82 Å². The molecule has 0 aliphatic rings. The molecular formula is C11H15N3. The topological polar surface area (TPSA) is 39.9 Å². The number of anilines is 1. The van der Waals surface area contributed by atoms with Crippen LogP contribution in [0.5, 0.6) is 0 Å². The van der Waals surface area contributed by atoms with Crippen molar-refractivity contribution in [2.45, 2.75) is 26.3 Å². The number of hydrogen-bond donors (Lipinski definition) is 0. The molecule has 0 saturated carbocycles. The van der Waals surface area contributed by atoms with Crippen molar-refractivity contribution in [3.63, 3.8) is 0 Å². The highest BCUT2D eigenvalue weighted by Gasteiger charge is 2.09. The van der Waals surface area contributed by atoms with E-state index in [2.05, 4.69) is 29.8 Å². The van der Waals surface area contributed by atoms with Gasteiger partial charge in [-0.2, -0.15) is 5.26 Å². The van der Waals surface area contributed by atoms with Crippen LogP contribution in [0.15, 0.2) is 24.4 Å². The zero-order valence-corrected chi connectivity index (χ0v) is 8.64. The van der Waals surface area contributed by atoms with Crippen molar-refractivity contribution < 1.29 is 0 Å². The smallest absolute Gasteiger partial charge is 0.128 e. The molecule has 74 valence electrons. The van der Waals surface area contributed by atoms with Gasteiger partial charge in [-0.05, 0) is 26.0 Å². The van der Waals surface area contributed by atoms with Gasteiger partial charge in [-0.15, -0.1) is 0 Å². The Kier molecular flexibility index (Phi) is 3.93. The van der Waals surface area contributed by atoms with Gasteiger partial charge in [-0.3, -0.25) is 0 Å². The summed E-state index contributed by atoms with van der Waals surface area (Å²) in [6, 6.07) is 8.35. The van der Waals surface area contributed by atoms with Crippen LogP contribution in [0, 0.1) is 11.3 Å². The summed E-state index contributed by atoms with van der Waals surface area (Å²) < 4.78 is 0. The van der Waals surface area contributed by atoms with Crippen LogP contribution in [0.1, 0.15) is 20.3 Å². The lowest BCUT2D eigenvalue weighted by Crippen LogP contribution is -2.32. The van der Waals surface area contributed by atoms with E-state index in [0.29, 0.717) is 12.5 Å². The molecule has 1 heterocycles. The Bertz CT molecular complexity index is 300. The number of nitriles is 1. The van der Waals surface area contributed by atoms with Crippen molar-refractivity contribution in [3.8, 4) is 6.07 Å². The third kappa shape index (κ3) is 2.74. The van der Waals surface area contributed by atoms with Crippen LogP contribution in [0.3, 0.4) is 0 Å². The highest BCUT2D eigenvalue weighted by Crippen LogP contribution is 2.12. The van der Waals surface area contributed by atoms with Crippen LogP contribution in [0.2, 0.25) is 0 Å². The monoisotopic (exact) mass is 189 g/mol. The Balaban J connectivity index is 2.74. The van der Waals surface area contributed by atoms with Gasteiger partial charge in [0.15, 0.2) is 0 Å². The quantitative estimate of drug-likeness (QED) is 0.729. The van der Waals surface area contributed by atoms with E-state index in [0.717, 1.165) is 12.4 Å². The number of hydrogen-bond acceptors (Lipinski definition) is 3. The van der Waals surface area contributed by atoms with Gasteiger partial charge >= 0.3 is 0 Å². The lowest BCUT2D eigenvalue weighted by atomic mass is 10.3. The third-order valence-corrected chi connectivity index (χ3v) is 2.03. The molecule has 1 aromatic rings. The van der Waals surface area contributed by atoms with Crippen LogP contribution in [-0.2, 0) is 0 Å². The molecular weight excluding hydrogens is 174 g/mol. The average molecular weight is 189 g/mol. The zero-order valence-electron chi connectivity index (χ0n) is 8.64. The lowest BCUT2D eigenvalue weighted by Gasteiger charge is -2.26. The summed E-state index contributed by atoms with van der Waals surface area (Å²) in [6.07, 6.45) is 2.31. The predicted octanol–water partition coefficient (Wildman–Crippen LogP) is 2.21. The van der Waals surface area contributed by atoms with E-state index in [1.165, 1.54) is 0 Å². The van der Waals surface area contributed by atoms with E-state index >= 15 is 0 Å². The molecule has 3 nitrogen and oxygen atoms in total. The first-order valence-corrected chi connectivity index (χ1v) is 4.80. The molecule has 0 amide bonds. The molecule has 0 aliphatic carbocycles. The predicted molar refractivity (Wildman–Crippen MR) is 56.9 cm³/mol. The van der Waals surface area contributed by atoms with Gasteiger partial charge < -0.3 is 4.90 Å². The Hall–Kier alpha value is -1.56. The molecule has 0 unspecified atom stereocenters. The molecule has 0 atom stereocenters. The van der Waals surface area contributed by atoms with Crippen LogP contribution in [0.25, 0.3) is 0 Å². The van der Waals surface area contributed by atoms with Crippen molar-refractivity contribution in [2.24, 2.45) is 0 Å². The fraction of sp³-hybridized carbons (Fsp3) is 0.455. The second kappa shape index (κ2) is 5.23. The van der Waals surface area contributed by atoms with Gasteiger partial charge in [-0.25, -0.2) is 4.98 Å². The molecule has 0 aliphatic heterocycles.